The largest absolute Gasteiger partial charge is 0.480 e. The molecule has 0 unspecified atom stereocenters. The molecule has 0 bridgehead atoms. The van der Waals surface area contributed by atoms with Gasteiger partial charge in [-0.2, -0.15) is 0 Å². The summed E-state index contributed by atoms with van der Waals surface area (Å²) in [7, 11) is 0. The highest BCUT2D eigenvalue weighted by atomic mass is 16.4. The van der Waals surface area contributed by atoms with Crippen LogP contribution >= 0.6 is 0 Å². The lowest BCUT2D eigenvalue weighted by Gasteiger charge is -2.22. The van der Waals surface area contributed by atoms with Crippen LogP contribution in [0.2, 0.25) is 0 Å². The van der Waals surface area contributed by atoms with Crippen molar-refractivity contribution >= 4 is 29.6 Å². The highest BCUT2D eigenvalue weighted by Crippen LogP contribution is 2.08. The molecule has 3 atom stereocenters. The van der Waals surface area contributed by atoms with Crippen molar-refractivity contribution in [2.75, 3.05) is 13.1 Å². The molecule has 0 fully saturated rings. The molecule has 0 saturated carbocycles. The van der Waals surface area contributed by atoms with Crippen LogP contribution < -0.4 is 27.0 Å². The van der Waals surface area contributed by atoms with Crippen LogP contribution in [0.1, 0.15) is 31.4 Å². The van der Waals surface area contributed by atoms with E-state index in [1.165, 1.54) is 0 Å². The maximum atomic E-state index is 13.0. The molecular weight excluding hydrogens is 502 g/mol. The van der Waals surface area contributed by atoms with E-state index >= 15 is 0 Å². The molecule has 7 N–H and O–H groups in total. The molecule has 0 radical (unpaired) electrons. The molecule has 4 amide bonds. The molecule has 0 heterocycles. The molecule has 0 aromatic heterocycles. The van der Waals surface area contributed by atoms with Crippen LogP contribution in [0.5, 0.6) is 0 Å². The number of carboxylic acids is 1. The Morgan fingerprint density at radius 2 is 1.26 bits per heavy atom. The Hall–Kier alpha value is -4.25. The van der Waals surface area contributed by atoms with Gasteiger partial charge in [-0.1, -0.05) is 74.5 Å². The molecule has 11 nitrogen and oxygen atoms in total. The quantitative estimate of drug-likeness (QED) is 0.186. The first-order valence-electron chi connectivity index (χ1n) is 12.8. The van der Waals surface area contributed by atoms with Gasteiger partial charge in [0.15, 0.2) is 0 Å². The second kappa shape index (κ2) is 15.9. The molecule has 210 valence electrons. The van der Waals surface area contributed by atoms with Crippen LogP contribution in [0.25, 0.3) is 0 Å². The number of benzene rings is 2. The van der Waals surface area contributed by atoms with E-state index in [2.05, 4.69) is 21.3 Å². The first kappa shape index (κ1) is 31.0. The van der Waals surface area contributed by atoms with Crippen molar-refractivity contribution in [1.29, 1.82) is 0 Å². The lowest BCUT2D eigenvalue weighted by molar-refractivity contribution is -0.142. The lowest BCUT2D eigenvalue weighted by Crippen LogP contribution is -2.54. The van der Waals surface area contributed by atoms with E-state index in [-0.39, 0.29) is 25.3 Å². The number of carbonyl (C=O) groups excluding carboxylic acids is 4. The summed E-state index contributed by atoms with van der Waals surface area (Å²) >= 11 is 0. The van der Waals surface area contributed by atoms with Crippen LogP contribution in [0.15, 0.2) is 60.7 Å². The fourth-order valence-electron chi connectivity index (χ4n) is 3.77. The van der Waals surface area contributed by atoms with Gasteiger partial charge in [0.05, 0.1) is 19.1 Å². The molecule has 2 rings (SSSR count). The maximum absolute atomic E-state index is 13.0. The zero-order valence-corrected chi connectivity index (χ0v) is 22.2. The van der Waals surface area contributed by atoms with Crippen molar-refractivity contribution in [2.24, 2.45) is 11.7 Å². The lowest BCUT2D eigenvalue weighted by atomic mass is 10.0. The first-order chi connectivity index (χ1) is 18.5. The molecular formula is C28H37N5O6. The monoisotopic (exact) mass is 539 g/mol. The second-order valence-corrected chi connectivity index (χ2v) is 9.63. The molecule has 2 aromatic carbocycles. The highest BCUT2D eigenvalue weighted by molar-refractivity contribution is 5.93. The number of hydrogen-bond donors (Lipinski definition) is 6. The third-order valence-electron chi connectivity index (χ3n) is 5.76. The minimum atomic E-state index is -1.17. The minimum absolute atomic E-state index is 0.0251. The van der Waals surface area contributed by atoms with E-state index in [0.29, 0.717) is 6.42 Å². The van der Waals surface area contributed by atoms with Crippen molar-refractivity contribution in [3.8, 4) is 0 Å². The molecule has 0 aliphatic rings. The summed E-state index contributed by atoms with van der Waals surface area (Å²) in [5.74, 6) is -3.56. The Kier molecular flexibility index (Phi) is 12.6. The second-order valence-electron chi connectivity index (χ2n) is 9.63. The van der Waals surface area contributed by atoms with Gasteiger partial charge in [0.2, 0.25) is 23.6 Å². The van der Waals surface area contributed by atoms with Crippen molar-refractivity contribution in [1.82, 2.24) is 21.3 Å². The van der Waals surface area contributed by atoms with Gasteiger partial charge in [0, 0.05) is 6.42 Å². The predicted molar refractivity (Wildman–Crippen MR) is 145 cm³/mol. The Labute approximate surface area is 227 Å². The van der Waals surface area contributed by atoms with Gasteiger partial charge in [-0.15, -0.1) is 0 Å². The number of nitrogens with one attached hydrogen (secondary N) is 4. The number of rotatable bonds is 15. The van der Waals surface area contributed by atoms with E-state index in [9.17, 15) is 29.1 Å². The summed E-state index contributed by atoms with van der Waals surface area (Å²) in [6.07, 6.45) is 0.654. The standard InChI is InChI=1S/C28H37N5O6/c1-18(2)13-23(28(38)39)33-27(37)22(15-20-11-7-4-8-12-20)32-25(35)17-30-24(34)16-31-26(36)21(29)14-19-9-5-3-6-10-19/h3-12,18,21-23H,13-17,29H2,1-2H3,(H,30,34)(H,31,36)(H,32,35)(H,33,37)(H,38,39)/t21-,22-,23-/m0/s1. The fourth-order valence-corrected chi connectivity index (χ4v) is 3.77. The Morgan fingerprint density at radius 1 is 0.718 bits per heavy atom. The Morgan fingerprint density at radius 3 is 1.79 bits per heavy atom. The molecule has 0 spiro atoms. The number of amides is 4. The van der Waals surface area contributed by atoms with Crippen molar-refractivity contribution < 1.29 is 29.1 Å². The first-order valence-corrected chi connectivity index (χ1v) is 12.8. The Balaban J connectivity index is 1.89. The number of hydrogen-bond acceptors (Lipinski definition) is 6. The van der Waals surface area contributed by atoms with Gasteiger partial charge >= 0.3 is 5.97 Å². The smallest absolute Gasteiger partial charge is 0.326 e. The van der Waals surface area contributed by atoms with Crippen LogP contribution in [0, 0.1) is 5.92 Å². The van der Waals surface area contributed by atoms with Gasteiger partial charge in [-0.25, -0.2) is 4.79 Å². The van der Waals surface area contributed by atoms with E-state index in [1.54, 1.807) is 24.3 Å². The zero-order chi connectivity index (χ0) is 28.8. The average Bonchev–Trinajstić information content (AvgIpc) is 2.90. The number of carboxylic acid groups (broad SMARTS) is 1. The summed E-state index contributed by atoms with van der Waals surface area (Å²) in [6.45, 7) is 2.86. The van der Waals surface area contributed by atoms with Gasteiger partial charge in [0.25, 0.3) is 0 Å². The summed E-state index contributed by atoms with van der Waals surface area (Å²) in [5, 5.41) is 19.4. The number of aliphatic carboxylic acids is 1. The summed E-state index contributed by atoms with van der Waals surface area (Å²) in [5.41, 5.74) is 7.54. The minimum Gasteiger partial charge on any atom is -0.480 e. The normalized spacial score (nSPS) is 13.0. The SMILES string of the molecule is CC(C)C[C@H](NC(=O)[C@H](Cc1ccccc1)NC(=O)CNC(=O)CNC(=O)[C@@H](N)Cc1ccccc1)C(=O)O. The van der Waals surface area contributed by atoms with E-state index in [4.69, 9.17) is 5.73 Å². The fraction of sp³-hybridized carbons (Fsp3) is 0.393. The summed E-state index contributed by atoms with van der Waals surface area (Å²) < 4.78 is 0. The molecule has 0 saturated heterocycles. The molecule has 2 aromatic rings. The molecule has 0 aliphatic carbocycles. The topological polar surface area (TPSA) is 180 Å². The van der Waals surface area contributed by atoms with Crippen molar-refractivity contribution in [3.05, 3.63) is 71.8 Å². The van der Waals surface area contributed by atoms with E-state index < -0.39 is 54.3 Å². The molecule has 11 heteroatoms. The van der Waals surface area contributed by atoms with E-state index in [0.717, 1.165) is 11.1 Å². The van der Waals surface area contributed by atoms with Crippen molar-refractivity contribution in [3.63, 3.8) is 0 Å². The van der Waals surface area contributed by atoms with Crippen LogP contribution in [-0.2, 0) is 36.8 Å². The third-order valence-corrected chi connectivity index (χ3v) is 5.76. The van der Waals surface area contributed by atoms with Gasteiger partial charge < -0.3 is 32.1 Å². The molecule has 0 aliphatic heterocycles. The van der Waals surface area contributed by atoms with Crippen LogP contribution in [-0.4, -0.2) is 65.9 Å². The summed E-state index contributed by atoms with van der Waals surface area (Å²) in [6, 6.07) is 15.1. The number of nitrogens with two attached hydrogens (primary N) is 1. The van der Waals surface area contributed by atoms with Crippen LogP contribution in [0.4, 0.5) is 0 Å². The Bertz CT molecular complexity index is 1110. The molecule has 39 heavy (non-hydrogen) atoms. The average molecular weight is 540 g/mol. The van der Waals surface area contributed by atoms with E-state index in [1.807, 2.05) is 50.2 Å². The zero-order valence-electron chi connectivity index (χ0n) is 22.2. The highest BCUT2D eigenvalue weighted by Gasteiger charge is 2.27. The van der Waals surface area contributed by atoms with Gasteiger partial charge in [-0.3, -0.25) is 19.2 Å². The van der Waals surface area contributed by atoms with Crippen LogP contribution in [0.3, 0.4) is 0 Å². The summed E-state index contributed by atoms with van der Waals surface area (Å²) in [4.78, 5) is 61.5. The predicted octanol–water partition coefficient (Wildman–Crippen LogP) is 0.132. The third kappa shape index (κ3) is 11.8. The maximum Gasteiger partial charge on any atom is 0.326 e. The van der Waals surface area contributed by atoms with Gasteiger partial charge in [0.1, 0.15) is 12.1 Å². The van der Waals surface area contributed by atoms with Gasteiger partial charge in [-0.05, 0) is 29.9 Å². The number of carbonyl (C=O) groups is 5. The van der Waals surface area contributed by atoms with Crippen molar-refractivity contribution in [2.45, 2.75) is 51.2 Å².